The number of hydrogen-bond donors (Lipinski definition) is 1. The van der Waals surface area contributed by atoms with Crippen LogP contribution >= 0.6 is 0 Å². The molecule has 1 N–H and O–H groups in total. The van der Waals surface area contributed by atoms with Gasteiger partial charge in [-0.3, -0.25) is 4.79 Å². The third-order valence-corrected chi connectivity index (χ3v) is 3.94. The average Bonchev–Trinajstić information content (AvgIpc) is 2.54. The second-order valence-electron chi connectivity index (χ2n) is 5.38. The maximum Gasteiger partial charge on any atom is 0.257 e. The van der Waals surface area contributed by atoms with Crippen LogP contribution in [0.2, 0.25) is 0 Å². The van der Waals surface area contributed by atoms with Crippen molar-refractivity contribution < 1.29 is 14.3 Å². The Morgan fingerprint density at radius 1 is 1.38 bits per heavy atom. The molecule has 1 aromatic rings. The van der Waals surface area contributed by atoms with Gasteiger partial charge in [0.25, 0.3) is 5.91 Å². The van der Waals surface area contributed by atoms with Gasteiger partial charge in [0, 0.05) is 13.1 Å². The number of ether oxygens (including phenoxy) is 2. The Balaban J connectivity index is 2.18. The Hall–Kier alpha value is -1.75. The number of methoxy groups -OCH3 is 2. The molecule has 21 heavy (non-hydrogen) atoms. The molecule has 1 aromatic carbocycles. The summed E-state index contributed by atoms with van der Waals surface area (Å²) < 4.78 is 10.5. The Morgan fingerprint density at radius 3 is 2.86 bits per heavy atom. The molecule has 1 fully saturated rings. The zero-order chi connectivity index (χ0) is 15.2. The van der Waals surface area contributed by atoms with E-state index in [1.807, 2.05) is 11.9 Å². The number of likely N-dealkylation sites (tertiary alicyclic amines) is 1. The first-order valence-electron chi connectivity index (χ1n) is 7.35. The van der Waals surface area contributed by atoms with Gasteiger partial charge in [0.1, 0.15) is 11.5 Å². The van der Waals surface area contributed by atoms with Crippen LogP contribution in [0.25, 0.3) is 0 Å². The summed E-state index contributed by atoms with van der Waals surface area (Å²) in [4.78, 5) is 14.7. The van der Waals surface area contributed by atoms with E-state index in [0.717, 1.165) is 26.1 Å². The summed E-state index contributed by atoms with van der Waals surface area (Å²) in [7, 11) is 5.13. The number of piperidine rings is 1. The highest BCUT2D eigenvalue weighted by molar-refractivity contribution is 5.97. The van der Waals surface area contributed by atoms with Crippen LogP contribution < -0.4 is 14.8 Å². The smallest absolute Gasteiger partial charge is 0.257 e. The lowest BCUT2D eigenvalue weighted by atomic mass is 9.97. The van der Waals surface area contributed by atoms with E-state index < -0.39 is 0 Å². The van der Waals surface area contributed by atoms with Gasteiger partial charge in [0.15, 0.2) is 0 Å². The molecule has 0 saturated carbocycles. The first-order valence-corrected chi connectivity index (χ1v) is 7.35. The standard InChI is InChI=1S/C16H24N2O3/c1-17-10-12-5-4-8-18(11-12)16(19)14-9-13(20-2)6-7-15(14)21-3/h6-7,9,12,17H,4-5,8,10-11H2,1-3H3. The molecule has 5 heteroatoms. The van der Waals surface area contributed by atoms with Crippen molar-refractivity contribution in [3.63, 3.8) is 0 Å². The predicted molar refractivity (Wildman–Crippen MR) is 82.1 cm³/mol. The molecule has 0 bridgehead atoms. The number of amides is 1. The molecule has 1 amide bonds. The number of nitrogens with one attached hydrogen (secondary N) is 1. The Kier molecular flexibility index (Phi) is 5.44. The molecule has 0 aromatic heterocycles. The fraction of sp³-hybridized carbons (Fsp3) is 0.562. The summed E-state index contributed by atoms with van der Waals surface area (Å²) in [6.45, 7) is 2.54. The molecule has 2 rings (SSSR count). The van der Waals surface area contributed by atoms with Crippen LogP contribution in [0.4, 0.5) is 0 Å². The molecule has 1 saturated heterocycles. The van der Waals surface area contributed by atoms with Gasteiger partial charge < -0.3 is 19.7 Å². The lowest BCUT2D eigenvalue weighted by Gasteiger charge is -2.33. The second kappa shape index (κ2) is 7.31. The minimum Gasteiger partial charge on any atom is -0.497 e. The van der Waals surface area contributed by atoms with Crippen LogP contribution in [-0.4, -0.2) is 51.7 Å². The molecule has 1 aliphatic rings. The quantitative estimate of drug-likeness (QED) is 0.899. The van der Waals surface area contributed by atoms with E-state index >= 15 is 0 Å². The van der Waals surface area contributed by atoms with Gasteiger partial charge in [-0.2, -0.15) is 0 Å². The number of hydrogen-bond acceptors (Lipinski definition) is 4. The van der Waals surface area contributed by atoms with Crippen molar-refractivity contribution in [3.05, 3.63) is 23.8 Å². The summed E-state index contributed by atoms with van der Waals surface area (Å²) in [5.74, 6) is 1.80. The number of carbonyl (C=O) groups excluding carboxylic acids is 1. The minimum absolute atomic E-state index is 0.0200. The molecule has 1 aliphatic heterocycles. The maximum atomic E-state index is 12.8. The van der Waals surface area contributed by atoms with Crippen LogP contribution in [0.3, 0.4) is 0 Å². The van der Waals surface area contributed by atoms with Gasteiger partial charge in [-0.15, -0.1) is 0 Å². The Bertz CT molecular complexity index is 488. The number of carbonyl (C=O) groups is 1. The normalized spacial score (nSPS) is 18.4. The van der Waals surface area contributed by atoms with Gasteiger partial charge in [0.05, 0.1) is 19.8 Å². The first-order chi connectivity index (χ1) is 10.2. The largest absolute Gasteiger partial charge is 0.497 e. The minimum atomic E-state index is 0.0200. The van der Waals surface area contributed by atoms with Crippen molar-refractivity contribution >= 4 is 5.91 Å². The average molecular weight is 292 g/mol. The van der Waals surface area contributed by atoms with Gasteiger partial charge in [-0.1, -0.05) is 0 Å². The first kappa shape index (κ1) is 15.6. The van der Waals surface area contributed by atoms with Gasteiger partial charge in [0.2, 0.25) is 0 Å². The van der Waals surface area contributed by atoms with Crippen molar-refractivity contribution in [1.29, 1.82) is 0 Å². The molecule has 1 unspecified atom stereocenters. The van der Waals surface area contributed by atoms with E-state index in [4.69, 9.17) is 9.47 Å². The highest BCUT2D eigenvalue weighted by atomic mass is 16.5. The van der Waals surface area contributed by atoms with E-state index in [-0.39, 0.29) is 5.91 Å². The summed E-state index contributed by atoms with van der Waals surface area (Å²) >= 11 is 0. The zero-order valence-corrected chi connectivity index (χ0v) is 13.0. The molecule has 1 heterocycles. The summed E-state index contributed by atoms with van der Waals surface area (Å²) in [5, 5.41) is 3.19. The van der Waals surface area contributed by atoms with Crippen LogP contribution in [0.15, 0.2) is 18.2 Å². The number of rotatable bonds is 5. The third-order valence-electron chi connectivity index (χ3n) is 3.94. The van der Waals surface area contributed by atoms with E-state index in [0.29, 0.717) is 23.0 Å². The molecule has 116 valence electrons. The lowest BCUT2D eigenvalue weighted by molar-refractivity contribution is 0.0670. The Labute approximate surface area is 126 Å². The second-order valence-corrected chi connectivity index (χ2v) is 5.38. The number of nitrogens with zero attached hydrogens (tertiary/aromatic N) is 1. The lowest BCUT2D eigenvalue weighted by Crippen LogP contribution is -2.42. The Morgan fingerprint density at radius 2 is 2.19 bits per heavy atom. The summed E-state index contributed by atoms with van der Waals surface area (Å²) in [5.41, 5.74) is 0.571. The molecular formula is C16H24N2O3. The fourth-order valence-electron chi connectivity index (χ4n) is 2.86. The third kappa shape index (κ3) is 3.67. The van der Waals surface area contributed by atoms with Crippen LogP contribution in [0, 0.1) is 5.92 Å². The maximum absolute atomic E-state index is 12.8. The monoisotopic (exact) mass is 292 g/mol. The molecule has 0 radical (unpaired) electrons. The van der Waals surface area contributed by atoms with Crippen LogP contribution in [-0.2, 0) is 0 Å². The summed E-state index contributed by atoms with van der Waals surface area (Å²) in [6.07, 6.45) is 2.21. The van der Waals surface area contributed by atoms with E-state index in [2.05, 4.69) is 5.32 Å². The molecular weight excluding hydrogens is 268 g/mol. The highest BCUT2D eigenvalue weighted by Gasteiger charge is 2.26. The molecule has 5 nitrogen and oxygen atoms in total. The molecule has 0 aliphatic carbocycles. The van der Waals surface area contributed by atoms with Gasteiger partial charge in [-0.05, 0) is 50.6 Å². The van der Waals surface area contributed by atoms with E-state index in [1.54, 1.807) is 32.4 Å². The SMILES string of the molecule is CNCC1CCCN(C(=O)c2cc(OC)ccc2OC)C1. The van der Waals surface area contributed by atoms with Crippen LogP contribution in [0.5, 0.6) is 11.5 Å². The van der Waals surface area contributed by atoms with Crippen LogP contribution in [0.1, 0.15) is 23.2 Å². The molecule has 1 atom stereocenters. The number of benzene rings is 1. The fourth-order valence-corrected chi connectivity index (χ4v) is 2.86. The van der Waals surface area contributed by atoms with E-state index in [1.165, 1.54) is 6.42 Å². The summed E-state index contributed by atoms with van der Waals surface area (Å²) in [6, 6.07) is 5.33. The van der Waals surface area contributed by atoms with Gasteiger partial charge >= 0.3 is 0 Å². The van der Waals surface area contributed by atoms with Crippen molar-refractivity contribution in [2.45, 2.75) is 12.8 Å². The predicted octanol–water partition coefficient (Wildman–Crippen LogP) is 1.78. The van der Waals surface area contributed by atoms with E-state index in [9.17, 15) is 4.79 Å². The zero-order valence-electron chi connectivity index (χ0n) is 13.0. The van der Waals surface area contributed by atoms with Crippen molar-refractivity contribution in [3.8, 4) is 11.5 Å². The molecule has 0 spiro atoms. The van der Waals surface area contributed by atoms with Crippen molar-refractivity contribution in [2.24, 2.45) is 5.92 Å². The van der Waals surface area contributed by atoms with Gasteiger partial charge in [-0.25, -0.2) is 0 Å². The highest BCUT2D eigenvalue weighted by Crippen LogP contribution is 2.27. The van der Waals surface area contributed by atoms with Crippen molar-refractivity contribution in [2.75, 3.05) is 40.9 Å². The topological polar surface area (TPSA) is 50.8 Å². The van der Waals surface area contributed by atoms with Crippen molar-refractivity contribution in [1.82, 2.24) is 10.2 Å².